The molecule has 1 aromatic rings. The summed E-state index contributed by atoms with van der Waals surface area (Å²) < 4.78 is 5.36. The van der Waals surface area contributed by atoms with Crippen molar-refractivity contribution in [1.82, 2.24) is 20.5 Å². The molecular weight excluding hydrogens is 292 g/mol. The molecule has 1 atom stereocenters. The first-order valence-corrected chi connectivity index (χ1v) is 9.01. The van der Waals surface area contributed by atoms with Gasteiger partial charge in [0.1, 0.15) is 5.82 Å². The minimum Gasteiger partial charge on any atom is -0.381 e. The molecule has 0 aromatic carbocycles. The Kier molecular flexibility index (Phi) is 4.09. The second-order valence-corrected chi connectivity index (χ2v) is 7.58. The van der Waals surface area contributed by atoms with Gasteiger partial charge >= 0.3 is 0 Å². The van der Waals surface area contributed by atoms with Crippen LogP contribution < -0.4 is 5.32 Å². The zero-order valence-electron chi connectivity index (χ0n) is 13.6. The molecule has 1 saturated heterocycles. The van der Waals surface area contributed by atoms with Gasteiger partial charge in [-0.1, -0.05) is 19.3 Å². The molecule has 1 spiro atoms. The van der Waals surface area contributed by atoms with E-state index in [4.69, 9.17) is 4.74 Å². The topological polar surface area (TPSA) is 79.9 Å². The molecule has 0 bridgehead atoms. The standard InChI is InChI=1S/C17H26N4O2/c22-16(13-8-17(9-13)5-2-1-3-6-17)18-10-14-19-15(21-20-14)12-4-7-23-11-12/h12-13H,1-11H2,(H,18,22)(H,19,20,21). The van der Waals surface area contributed by atoms with Crippen molar-refractivity contribution in [2.24, 2.45) is 11.3 Å². The van der Waals surface area contributed by atoms with E-state index in [1.54, 1.807) is 0 Å². The second kappa shape index (κ2) is 6.23. The van der Waals surface area contributed by atoms with Crippen LogP contribution in [0.3, 0.4) is 0 Å². The summed E-state index contributed by atoms with van der Waals surface area (Å²) in [7, 11) is 0. The third-order valence-electron chi connectivity index (χ3n) is 5.92. The minimum atomic E-state index is 0.184. The molecule has 1 unspecified atom stereocenters. The summed E-state index contributed by atoms with van der Waals surface area (Å²) in [4.78, 5) is 16.8. The van der Waals surface area contributed by atoms with Gasteiger partial charge in [-0.05, 0) is 37.5 Å². The number of ether oxygens (including phenoxy) is 1. The highest BCUT2D eigenvalue weighted by molar-refractivity contribution is 5.79. The average molecular weight is 318 g/mol. The predicted octanol–water partition coefficient (Wildman–Crippen LogP) is 2.29. The van der Waals surface area contributed by atoms with Gasteiger partial charge in [-0.15, -0.1) is 0 Å². The van der Waals surface area contributed by atoms with Gasteiger partial charge < -0.3 is 10.1 Å². The first kappa shape index (κ1) is 15.1. The molecule has 2 aliphatic carbocycles. The lowest BCUT2D eigenvalue weighted by atomic mass is 9.55. The van der Waals surface area contributed by atoms with Gasteiger partial charge in [0.05, 0.1) is 13.2 Å². The summed E-state index contributed by atoms with van der Waals surface area (Å²) in [6.07, 6.45) is 9.86. The normalized spacial score (nSPS) is 27.0. The molecule has 6 heteroatoms. The predicted molar refractivity (Wildman–Crippen MR) is 84.6 cm³/mol. The minimum absolute atomic E-state index is 0.184. The maximum atomic E-state index is 12.3. The number of nitrogens with zero attached hydrogens (tertiary/aromatic N) is 2. The van der Waals surface area contributed by atoms with Crippen LogP contribution in [0.5, 0.6) is 0 Å². The van der Waals surface area contributed by atoms with Gasteiger partial charge in [0.15, 0.2) is 5.82 Å². The Bertz CT molecular complexity index is 551. The molecule has 126 valence electrons. The third kappa shape index (κ3) is 3.13. The van der Waals surface area contributed by atoms with E-state index in [-0.39, 0.29) is 11.8 Å². The summed E-state index contributed by atoms with van der Waals surface area (Å²) in [6, 6.07) is 0. The number of amides is 1. The zero-order valence-corrected chi connectivity index (χ0v) is 13.6. The number of carbonyl (C=O) groups is 1. The first-order chi connectivity index (χ1) is 11.2. The van der Waals surface area contributed by atoms with E-state index in [0.717, 1.165) is 37.5 Å². The summed E-state index contributed by atoms with van der Waals surface area (Å²) >= 11 is 0. The summed E-state index contributed by atoms with van der Waals surface area (Å²) in [5.41, 5.74) is 0.502. The summed E-state index contributed by atoms with van der Waals surface area (Å²) in [5.74, 6) is 2.25. The molecular formula is C17H26N4O2. The number of hydrogen-bond donors (Lipinski definition) is 2. The molecule has 3 fully saturated rings. The Balaban J connectivity index is 1.24. The Labute approximate surface area is 136 Å². The Hall–Kier alpha value is -1.43. The van der Waals surface area contributed by atoms with Gasteiger partial charge in [0.25, 0.3) is 0 Å². The molecule has 2 heterocycles. The third-order valence-corrected chi connectivity index (χ3v) is 5.92. The van der Waals surface area contributed by atoms with E-state index < -0.39 is 0 Å². The molecule has 1 amide bonds. The lowest BCUT2D eigenvalue weighted by molar-refractivity contribution is -0.134. The highest BCUT2D eigenvalue weighted by Crippen LogP contribution is 2.54. The van der Waals surface area contributed by atoms with Crippen LogP contribution in [0.1, 0.15) is 68.9 Å². The number of aromatic amines is 1. The zero-order chi connectivity index (χ0) is 15.7. The molecule has 2 N–H and O–H groups in total. The van der Waals surface area contributed by atoms with Crippen molar-refractivity contribution >= 4 is 5.91 Å². The quantitative estimate of drug-likeness (QED) is 0.892. The van der Waals surface area contributed by atoms with Gasteiger partial charge in [-0.2, -0.15) is 5.10 Å². The van der Waals surface area contributed by atoms with Crippen molar-refractivity contribution < 1.29 is 9.53 Å². The van der Waals surface area contributed by atoms with E-state index in [2.05, 4.69) is 20.5 Å². The van der Waals surface area contributed by atoms with Crippen LogP contribution >= 0.6 is 0 Å². The number of aromatic nitrogens is 3. The van der Waals surface area contributed by atoms with Crippen molar-refractivity contribution in [3.05, 3.63) is 11.6 Å². The molecule has 6 nitrogen and oxygen atoms in total. The molecule has 1 aromatic heterocycles. The van der Waals surface area contributed by atoms with Crippen LogP contribution in [0.4, 0.5) is 0 Å². The first-order valence-electron chi connectivity index (χ1n) is 9.01. The van der Waals surface area contributed by atoms with Crippen molar-refractivity contribution in [2.45, 2.75) is 63.8 Å². The highest BCUT2D eigenvalue weighted by Gasteiger charge is 2.47. The fourth-order valence-electron chi connectivity index (χ4n) is 4.51. The number of rotatable bonds is 4. The van der Waals surface area contributed by atoms with Crippen LogP contribution in [-0.4, -0.2) is 34.3 Å². The highest BCUT2D eigenvalue weighted by atomic mass is 16.5. The van der Waals surface area contributed by atoms with E-state index in [1.165, 1.54) is 32.1 Å². The van der Waals surface area contributed by atoms with Crippen molar-refractivity contribution in [2.75, 3.05) is 13.2 Å². The second-order valence-electron chi connectivity index (χ2n) is 7.58. The van der Waals surface area contributed by atoms with Crippen LogP contribution in [-0.2, 0) is 16.1 Å². The molecule has 1 aliphatic heterocycles. The molecule has 23 heavy (non-hydrogen) atoms. The maximum Gasteiger partial charge on any atom is 0.223 e. The van der Waals surface area contributed by atoms with Crippen LogP contribution in [0.25, 0.3) is 0 Å². The van der Waals surface area contributed by atoms with Crippen LogP contribution in [0.15, 0.2) is 0 Å². The number of nitrogens with one attached hydrogen (secondary N) is 2. The molecule has 2 saturated carbocycles. The van der Waals surface area contributed by atoms with Crippen molar-refractivity contribution in [3.8, 4) is 0 Å². The fourth-order valence-corrected chi connectivity index (χ4v) is 4.51. The smallest absolute Gasteiger partial charge is 0.223 e. The molecule has 3 aliphatic rings. The Morgan fingerprint density at radius 2 is 2.13 bits per heavy atom. The lowest BCUT2D eigenvalue weighted by Crippen LogP contribution is -2.46. The number of hydrogen-bond acceptors (Lipinski definition) is 4. The van der Waals surface area contributed by atoms with E-state index in [0.29, 0.717) is 24.5 Å². The van der Waals surface area contributed by atoms with E-state index in [1.807, 2.05) is 0 Å². The summed E-state index contributed by atoms with van der Waals surface area (Å²) in [6.45, 7) is 1.94. The van der Waals surface area contributed by atoms with Gasteiger partial charge in [-0.3, -0.25) is 9.89 Å². The lowest BCUT2D eigenvalue weighted by Gasteiger charge is -2.49. The van der Waals surface area contributed by atoms with Crippen LogP contribution in [0, 0.1) is 11.3 Å². The summed E-state index contributed by atoms with van der Waals surface area (Å²) in [5, 5.41) is 10.2. The van der Waals surface area contributed by atoms with Gasteiger partial charge in [0.2, 0.25) is 5.91 Å². The van der Waals surface area contributed by atoms with Crippen molar-refractivity contribution in [1.29, 1.82) is 0 Å². The van der Waals surface area contributed by atoms with E-state index >= 15 is 0 Å². The van der Waals surface area contributed by atoms with Gasteiger partial charge in [-0.25, -0.2) is 4.98 Å². The SMILES string of the molecule is O=C(NCc1nc(C2CCOC2)n[nH]1)C1CC2(CCCCC2)C1. The molecule has 0 radical (unpaired) electrons. The maximum absolute atomic E-state index is 12.3. The van der Waals surface area contributed by atoms with Gasteiger partial charge in [0, 0.05) is 18.4 Å². The monoisotopic (exact) mass is 318 g/mol. The fraction of sp³-hybridized carbons (Fsp3) is 0.824. The van der Waals surface area contributed by atoms with E-state index in [9.17, 15) is 4.79 Å². The Morgan fingerprint density at radius 3 is 2.87 bits per heavy atom. The van der Waals surface area contributed by atoms with Crippen molar-refractivity contribution in [3.63, 3.8) is 0 Å². The largest absolute Gasteiger partial charge is 0.381 e. The number of H-pyrrole nitrogens is 1. The number of carbonyl (C=O) groups excluding carboxylic acids is 1. The average Bonchev–Trinajstić information content (AvgIpc) is 3.22. The van der Waals surface area contributed by atoms with Crippen LogP contribution in [0.2, 0.25) is 0 Å². The molecule has 4 rings (SSSR count). The Morgan fingerprint density at radius 1 is 1.30 bits per heavy atom.